The van der Waals surface area contributed by atoms with Gasteiger partial charge in [-0.25, -0.2) is 4.98 Å². The molecule has 0 radical (unpaired) electrons. The number of ether oxygens (including phenoxy) is 1. The number of nitrogens with one attached hydrogen (secondary N) is 1. The highest BCUT2D eigenvalue weighted by Crippen LogP contribution is 2.39. The van der Waals surface area contributed by atoms with E-state index in [-0.39, 0.29) is 23.6 Å². The molecule has 2 amide bonds. The molecule has 10 nitrogen and oxygen atoms in total. The molecule has 1 aromatic heterocycles. The van der Waals surface area contributed by atoms with Crippen molar-refractivity contribution in [2.75, 3.05) is 44.2 Å². The van der Waals surface area contributed by atoms with Crippen LogP contribution in [0.5, 0.6) is 11.5 Å². The standard InChI is InChI=1S/C40H41N5O5/c46-31-12-16-34-30(25-31)11-15-33(28-7-3-1-4-8-28)39(34)29-9-13-32(14-10-29)50-24-6-2-5-19-43-20-22-44(23-21-43)36-26-38(48)45(27-41-36)35-17-18-37(47)42-40(35)49/h1,3-4,7-16,25-27,35,46H,2,5-6,17-24H2,(H,42,47,49). The summed E-state index contributed by atoms with van der Waals surface area (Å²) in [5.41, 5.74) is 4.24. The zero-order valence-corrected chi connectivity index (χ0v) is 28.0. The van der Waals surface area contributed by atoms with Crippen LogP contribution in [0.1, 0.15) is 38.1 Å². The van der Waals surface area contributed by atoms with Crippen molar-refractivity contribution in [3.8, 4) is 33.8 Å². The van der Waals surface area contributed by atoms with Gasteiger partial charge in [-0.05, 0) is 89.5 Å². The van der Waals surface area contributed by atoms with Gasteiger partial charge in [0.1, 0.15) is 29.7 Å². The van der Waals surface area contributed by atoms with Crippen LogP contribution in [0.3, 0.4) is 0 Å². The monoisotopic (exact) mass is 671 g/mol. The molecule has 4 aromatic carbocycles. The predicted molar refractivity (Wildman–Crippen MR) is 194 cm³/mol. The van der Waals surface area contributed by atoms with Gasteiger partial charge in [-0.15, -0.1) is 0 Å². The SMILES string of the molecule is O=C1CCC(n2cnc(N3CCN(CCCCCOc4ccc(-c5c(-c6ccccc6)ccc6cc(O)ccc56)cc4)CC3)cc2=O)C(=O)N1. The summed E-state index contributed by atoms with van der Waals surface area (Å²) in [7, 11) is 0. The topological polar surface area (TPSA) is 117 Å². The van der Waals surface area contributed by atoms with Gasteiger partial charge in [0.25, 0.3) is 5.56 Å². The summed E-state index contributed by atoms with van der Waals surface area (Å²) in [4.78, 5) is 45.5. The van der Waals surface area contributed by atoms with Gasteiger partial charge < -0.3 is 14.7 Å². The van der Waals surface area contributed by atoms with Crippen LogP contribution in [0.15, 0.2) is 102 Å². The van der Waals surface area contributed by atoms with Crippen molar-refractivity contribution in [3.05, 3.63) is 108 Å². The minimum atomic E-state index is -0.698. The Hall–Kier alpha value is -5.48. The molecule has 0 saturated carbocycles. The number of aromatic hydroxyl groups is 1. The number of nitrogens with zero attached hydrogens (tertiary/aromatic N) is 4. The number of phenolic OH excluding ortho intramolecular Hbond substituents is 1. The van der Waals surface area contributed by atoms with Crippen LogP contribution < -0.4 is 20.5 Å². The van der Waals surface area contributed by atoms with Crippen molar-refractivity contribution in [2.24, 2.45) is 0 Å². The van der Waals surface area contributed by atoms with Crippen LogP contribution in [0.4, 0.5) is 5.82 Å². The lowest BCUT2D eigenvalue weighted by molar-refractivity contribution is -0.135. The number of amides is 2. The second kappa shape index (κ2) is 15.0. The van der Waals surface area contributed by atoms with E-state index in [4.69, 9.17) is 4.74 Å². The smallest absolute Gasteiger partial charge is 0.256 e. The first kappa shape index (κ1) is 33.0. The van der Waals surface area contributed by atoms with Crippen LogP contribution >= 0.6 is 0 Å². The van der Waals surface area contributed by atoms with Crippen LogP contribution in [-0.4, -0.2) is 70.7 Å². The molecule has 50 heavy (non-hydrogen) atoms. The lowest BCUT2D eigenvalue weighted by Gasteiger charge is -2.35. The van der Waals surface area contributed by atoms with Crippen molar-refractivity contribution in [1.29, 1.82) is 0 Å². The number of anilines is 1. The fraction of sp³-hybridized carbons (Fsp3) is 0.300. The fourth-order valence-corrected chi connectivity index (χ4v) is 6.96. The molecule has 2 aliphatic rings. The molecule has 0 bridgehead atoms. The van der Waals surface area contributed by atoms with Gasteiger partial charge in [-0.2, -0.15) is 0 Å². The Bertz CT molecular complexity index is 2040. The molecule has 2 saturated heterocycles. The zero-order chi connectivity index (χ0) is 34.5. The Morgan fingerprint density at radius 2 is 1.62 bits per heavy atom. The average molecular weight is 672 g/mol. The molecule has 5 aromatic rings. The largest absolute Gasteiger partial charge is 0.508 e. The molecular weight excluding hydrogens is 630 g/mol. The number of aromatic nitrogens is 2. The number of rotatable bonds is 11. The second-order valence-corrected chi connectivity index (χ2v) is 13.0. The number of benzene rings is 4. The zero-order valence-electron chi connectivity index (χ0n) is 28.0. The van der Waals surface area contributed by atoms with E-state index in [0.717, 1.165) is 90.8 Å². The van der Waals surface area contributed by atoms with E-state index in [2.05, 4.69) is 68.6 Å². The molecule has 3 heterocycles. The van der Waals surface area contributed by atoms with Gasteiger partial charge in [-0.3, -0.25) is 29.2 Å². The lowest BCUT2D eigenvalue weighted by Crippen LogP contribution is -2.47. The van der Waals surface area contributed by atoms with Crippen molar-refractivity contribution in [1.82, 2.24) is 19.8 Å². The van der Waals surface area contributed by atoms with Crippen LogP contribution in [0.25, 0.3) is 33.0 Å². The van der Waals surface area contributed by atoms with Gasteiger partial charge in [0.2, 0.25) is 11.8 Å². The first-order valence-corrected chi connectivity index (χ1v) is 17.4. The number of hydrogen-bond acceptors (Lipinski definition) is 8. The average Bonchev–Trinajstić information content (AvgIpc) is 3.14. The maximum Gasteiger partial charge on any atom is 0.256 e. The Labute approximate surface area is 290 Å². The summed E-state index contributed by atoms with van der Waals surface area (Å²) in [5, 5.41) is 14.5. The van der Waals surface area contributed by atoms with E-state index in [0.29, 0.717) is 18.8 Å². The van der Waals surface area contributed by atoms with Gasteiger partial charge in [0.15, 0.2) is 0 Å². The number of fused-ring (bicyclic) bond motifs is 1. The lowest BCUT2D eigenvalue weighted by atomic mass is 9.90. The molecule has 2 fully saturated rings. The molecule has 1 atom stereocenters. The molecule has 7 rings (SSSR count). The van der Waals surface area contributed by atoms with Crippen molar-refractivity contribution < 1.29 is 19.4 Å². The molecule has 2 N–H and O–H groups in total. The van der Waals surface area contributed by atoms with E-state index in [1.54, 1.807) is 12.1 Å². The highest BCUT2D eigenvalue weighted by Gasteiger charge is 2.29. The maximum atomic E-state index is 12.8. The van der Waals surface area contributed by atoms with E-state index in [9.17, 15) is 19.5 Å². The van der Waals surface area contributed by atoms with Crippen molar-refractivity contribution in [3.63, 3.8) is 0 Å². The number of piperazine rings is 1. The molecule has 256 valence electrons. The Kier molecular flexibility index (Phi) is 9.89. The van der Waals surface area contributed by atoms with E-state index < -0.39 is 11.9 Å². The number of phenols is 1. The van der Waals surface area contributed by atoms with Crippen molar-refractivity contribution >= 4 is 28.4 Å². The number of carbonyl (C=O) groups excluding carboxylic acids is 2. The molecular formula is C40H41N5O5. The highest BCUT2D eigenvalue weighted by molar-refractivity contribution is 6.04. The quantitative estimate of drug-likeness (QED) is 0.134. The number of unbranched alkanes of at least 4 members (excludes halogenated alkanes) is 2. The number of piperidine rings is 1. The summed E-state index contributed by atoms with van der Waals surface area (Å²) >= 11 is 0. The molecule has 2 aliphatic heterocycles. The van der Waals surface area contributed by atoms with Crippen LogP contribution in [-0.2, 0) is 9.59 Å². The third kappa shape index (κ3) is 7.40. The van der Waals surface area contributed by atoms with Crippen LogP contribution in [0.2, 0.25) is 0 Å². The number of imide groups is 1. The van der Waals surface area contributed by atoms with E-state index >= 15 is 0 Å². The minimum absolute atomic E-state index is 0.214. The summed E-state index contributed by atoms with van der Waals surface area (Å²) in [6.45, 7) is 5.02. The van der Waals surface area contributed by atoms with E-state index in [1.165, 1.54) is 17.0 Å². The Morgan fingerprint density at radius 1 is 0.820 bits per heavy atom. The van der Waals surface area contributed by atoms with Crippen molar-refractivity contribution in [2.45, 2.75) is 38.1 Å². The summed E-state index contributed by atoms with van der Waals surface area (Å²) < 4.78 is 7.43. The summed E-state index contributed by atoms with van der Waals surface area (Å²) in [6.07, 6.45) is 5.08. The third-order valence-corrected chi connectivity index (χ3v) is 9.68. The second-order valence-electron chi connectivity index (χ2n) is 13.0. The molecule has 1 unspecified atom stereocenters. The Balaban J connectivity index is 0.865. The summed E-state index contributed by atoms with van der Waals surface area (Å²) in [6, 6.07) is 29.2. The molecule has 0 spiro atoms. The maximum absolute atomic E-state index is 12.8. The highest BCUT2D eigenvalue weighted by atomic mass is 16.5. The van der Waals surface area contributed by atoms with Gasteiger partial charge >= 0.3 is 0 Å². The van der Waals surface area contributed by atoms with Gasteiger partial charge in [0.05, 0.1) is 6.61 Å². The Morgan fingerprint density at radius 3 is 2.38 bits per heavy atom. The first-order chi connectivity index (χ1) is 24.4. The predicted octanol–water partition coefficient (Wildman–Crippen LogP) is 5.79. The third-order valence-electron chi connectivity index (χ3n) is 9.68. The number of hydrogen-bond donors (Lipinski definition) is 2. The summed E-state index contributed by atoms with van der Waals surface area (Å²) in [5.74, 6) is 0.967. The normalized spacial score (nSPS) is 16.8. The van der Waals surface area contributed by atoms with Gasteiger partial charge in [-0.1, -0.05) is 60.7 Å². The van der Waals surface area contributed by atoms with E-state index in [1.807, 2.05) is 24.3 Å². The van der Waals surface area contributed by atoms with Crippen LogP contribution in [0, 0.1) is 0 Å². The number of carbonyl (C=O) groups is 2. The first-order valence-electron chi connectivity index (χ1n) is 17.4. The minimum Gasteiger partial charge on any atom is -0.508 e. The molecule has 10 heteroatoms. The molecule has 0 aliphatic carbocycles. The fourth-order valence-electron chi connectivity index (χ4n) is 6.96. The van der Waals surface area contributed by atoms with Gasteiger partial charge in [0, 0.05) is 38.7 Å².